The smallest absolute Gasteiger partial charge is 0.336 e. The van der Waals surface area contributed by atoms with Crippen LogP contribution in [0.4, 0.5) is 11.6 Å². The summed E-state index contributed by atoms with van der Waals surface area (Å²) in [5.74, 6) is 1.45. The number of carbonyl (C=O) groups is 1. The molecule has 3 aromatic carbocycles. The van der Waals surface area contributed by atoms with Gasteiger partial charge in [-0.15, -0.1) is 0 Å². The number of carboxylic acid groups (broad SMARTS) is 1. The van der Waals surface area contributed by atoms with Crippen molar-refractivity contribution in [1.82, 2.24) is 9.97 Å². The summed E-state index contributed by atoms with van der Waals surface area (Å²) in [5, 5.41) is 13.8. The molecule has 0 bridgehead atoms. The molecule has 0 aliphatic rings. The molecule has 8 nitrogen and oxygen atoms in total. The monoisotopic (exact) mass is 417 g/mol. The summed E-state index contributed by atoms with van der Waals surface area (Å²) in [4.78, 5) is 20.0. The molecule has 2 N–H and O–H groups in total. The fraction of sp³-hybridized carbons (Fsp3) is 0.0870. The van der Waals surface area contributed by atoms with Crippen LogP contribution < -0.4 is 19.5 Å². The first-order valence-corrected chi connectivity index (χ1v) is 9.33. The lowest BCUT2D eigenvalue weighted by atomic mass is 10.0. The number of carboxylic acids is 1. The third-order valence-corrected chi connectivity index (χ3v) is 4.57. The van der Waals surface area contributed by atoms with Gasteiger partial charge in [-0.3, -0.25) is 0 Å². The zero-order valence-electron chi connectivity index (χ0n) is 16.8. The minimum absolute atomic E-state index is 0.243. The standard InChI is InChI=1S/C23H19N3O5/c1-29-19-9-6-15(13-20(19)30-2)25-23-24-11-10-21(26-23)31-16-7-8-17-14(12-16)4-3-5-18(17)22(27)28/h3-13H,1-2H3,(H,27,28)(H,24,25,26). The zero-order valence-corrected chi connectivity index (χ0v) is 16.8. The molecular formula is C23H19N3O5. The molecule has 0 saturated carbocycles. The van der Waals surface area contributed by atoms with E-state index in [0.29, 0.717) is 34.5 Å². The average molecular weight is 417 g/mol. The van der Waals surface area contributed by atoms with E-state index in [9.17, 15) is 9.90 Å². The summed E-state index contributed by atoms with van der Waals surface area (Å²) >= 11 is 0. The second-order valence-corrected chi connectivity index (χ2v) is 6.51. The first-order valence-electron chi connectivity index (χ1n) is 9.33. The van der Waals surface area contributed by atoms with Crippen molar-refractivity contribution in [2.24, 2.45) is 0 Å². The number of fused-ring (bicyclic) bond motifs is 1. The fourth-order valence-corrected chi connectivity index (χ4v) is 3.13. The summed E-state index contributed by atoms with van der Waals surface area (Å²) in [6.07, 6.45) is 1.58. The van der Waals surface area contributed by atoms with E-state index in [1.165, 1.54) is 0 Å². The van der Waals surface area contributed by atoms with Crippen molar-refractivity contribution < 1.29 is 24.1 Å². The number of nitrogens with one attached hydrogen (secondary N) is 1. The van der Waals surface area contributed by atoms with Gasteiger partial charge < -0.3 is 24.6 Å². The number of nitrogens with zero attached hydrogens (tertiary/aromatic N) is 2. The van der Waals surface area contributed by atoms with Crippen LogP contribution in [0.15, 0.2) is 66.9 Å². The molecule has 0 aliphatic heterocycles. The number of benzene rings is 3. The number of aromatic carboxylic acids is 1. The number of aromatic nitrogens is 2. The molecule has 31 heavy (non-hydrogen) atoms. The molecule has 0 atom stereocenters. The number of ether oxygens (including phenoxy) is 3. The Morgan fingerprint density at radius 3 is 2.58 bits per heavy atom. The van der Waals surface area contributed by atoms with E-state index in [1.807, 2.05) is 12.1 Å². The normalized spacial score (nSPS) is 10.5. The largest absolute Gasteiger partial charge is 0.493 e. The van der Waals surface area contributed by atoms with Crippen LogP contribution in [-0.4, -0.2) is 35.3 Å². The lowest BCUT2D eigenvalue weighted by Crippen LogP contribution is -1.99. The Bertz CT molecular complexity index is 1260. The minimum atomic E-state index is -0.971. The maximum Gasteiger partial charge on any atom is 0.336 e. The van der Waals surface area contributed by atoms with Crippen LogP contribution in [0.25, 0.3) is 10.8 Å². The summed E-state index contributed by atoms with van der Waals surface area (Å²) in [6.45, 7) is 0. The van der Waals surface area contributed by atoms with Gasteiger partial charge in [-0.25, -0.2) is 9.78 Å². The van der Waals surface area contributed by atoms with Crippen molar-refractivity contribution in [2.45, 2.75) is 0 Å². The van der Waals surface area contributed by atoms with Gasteiger partial charge in [0.05, 0.1) is 19.8 Å². The molecule has 4 aromatic rings. The van der Waals surface area contributed by atoms with Crippen molar-refractivity contribution in [3.8, 4) is 23.1 Å². The highest BCUT2D eigenvalue weighted by atomic mass is 16.5. The second kappa shape index (κ2) is 8.58. The van der Waals surface area contributed by atoms with Gasteiger partial charge in [0.1, 0.15) is 5.75 Å². The molecule has 156 valence electrons. The summed E-state index contributed by atoms with van der Waals surface area (Å²) in [7, 11) is 3.14. The second-order valence-electron chi connectivity index (χ2n) is 6.51. The molecule has 0 amide bonds. The fourth-order valence-electron chi connectivity index (χ4n) is 3.13. The van der Waals surface area contributed by atoms with Gasteiger partial charge >= 0.3 is 5.97 Å². The highest BCUT2D eigenvalue weighted by Crippen LogP contribution is 2.31. The van der Waals surface area contributed by atoms with Crippen LogP contribution in [0.1, 0.15) is 10.4 Å². The Labute approximate surface area is 178 Å². The highest BCUT2D eigenvalue weighted by molar-refractivity contribution is 6.03. The van der Waals surface area contributed by atoms with Gasteiger partial charge in [0.15, 0.2) is 11.5 Å². The molecule has 0 fully saturated rings. The third kappa shape index (κ3) is 4.32. The summed E-state index contributed by atoms with van der Waals surface area (Å²) < 4.78 is 16.4. The number of hydrogen-bond acceptors (Lipinski definition) is 7. The van der Waals surface area contributed by atoms with E-state index >= 15 is 0 Å². The molecule has 1 heterocycles. The third-order valence-electron chi connectivity index (χ3n) is 4.57. The van der Waals surface area contributed by atoms with Gasteiger partial charge in [0.2, 0.25) is 11.8 Å². The Hall–Kier alpha value is -4.33. The highest BCUT2D eigenvalue weighted by Gasteiger charge is 2.10. The molecule has 1 aromatic heterocycles. The number of hydrogen-bond donors (Lipinski definition) is 2. The van der Waals surface area contributed by atoms with Crippen molar-refractivity contribution in [2.75, 3.05) is 19.5 Å². The van der Waals surface area contributed by atoms with E-state index in [2.05, 4.69) is 15.3 Å². The number of anilines is 2. The molecule has 0 saturated heterocycles. The molecule has 0 spiro atoms. The lowest BCUT2D eigenvalue weighted by Gasteiger charge is -2.11. The molecular weight excluding hydrogens is 398 g/mol. The Morgan fingerprint density at radius 1 is 0.968 bits per heavy atom. The average Bonchev–Trinajstić information content (AvgIpc) is 2.78. The zero-order chi connectivity index (χ0) is 21.8. The molecule has 4 rings (SSSR count). The van der Waals surface area contributed by atoms with Gasteiger partial charge in [-0.05, 0) is 47.2 Å². The molecule has 0 radical (unpaired) electrons. The quantitative estimate of drug-likeness (QED) is 0.439. The first-order chi connectivity index (χ1) is 15.1. The molecule has 8 heteroatoms. The van der Waals surface area contributed by atoms with Crippen LogP contribution in [-0.2, 0) is 0 Å². The first kappa shape index (κ1) is 20.0. The minimum Gasteiger partial charge on any atom is -0.493 e. The van der Waals surface area contributed by atoms with E-state index in [1.54, 1.807) is 68.9 Å². The SMILES string of the molecule is COc1ccc(Nc2nccc(Oc3ccc4c(C(=O)O)cccc4c3)n2)cc1OC. The summed E-state index contributed by atoms with van der Waals surface area (Å²) in [6, 6.07) is 17.3. The van der Waals surface area contributed by atoms with Crippen LogP contribution in [0.5, 0.6) is 23.1 Å². The van der Waals surface area contributed by atoms with E-state index in [4.69, 9.17) is 14.2 Å². The van der Waals surface area contributed by atoms with E-state index in [-0.39, 0.29) is 5.56 Å². The van der Waals surface area contributed by atoms with Crippen molar-refractivity contribution in [3.63, 3.8) is 0 Å². The Balaban J connectivity index is 1.56. The Kier molecular flexibility index (Phi) is 5.53. The topological polar surface area (TPSA) is 103 Å². The predicted octanol–water partition coefficient (Wildman–Crippen LogP) is 4.88. The van der Waals surface area contributed by atoms with E-state index < -0.39 is 5.97 Å². The van der Waals surface area contributed by atoms with Crippen molar-refractivity contribution in [3.05, 3.63) is 72.4 Å². The predicted molar refractivity (Wildman–Crippen MR) is 116 cm³/mol. The van der Waals surface area contributed by atoms with Crippen molar-refractivity contribution >= 4 is 28.4 Å². The summed E-state index contributed by atoms with van der Waals surface area (Å²) in [5.41, 5.74) is 0.967. The van der Waals surface area contributed by atoms with Crippen LogP contribution in [0.3, 0.4) is 0 Å². The number of rotatable bonds is 7. The maximum absolute atomic E-state index is 11.4. The Morgan fingerprint density at radius 2 is 1.81 bits per heavy atom. The van der Waals surface area contributed by atoms with Crippen molar-refractivity contribution in [1.29, 1.82) is 0 Å². The van der Waals surface area contributed by atoms with Crippen LogP contribution in [0, 0.1) is 0 Å². The molecule has 0 aliphatic carbocycles. The maximum atomic E-state index is 11.4. The number of methoxy groups -OCH3 is 2. The lowest BCUT2D eigenvalue weighted by molar-refractivity contribution is 0.0699. The van der Waals surface area contributed by atoms with Crippen LogP contribution in [0.2, 0.25) is 0 Å². The van der Waals surface area contributed by atoms with Crippen LogP contribution >= 0.6 is 0 Å². The van der Waals surface area contributed by atoms with Gasteiger partial charge in [-0.2, -0.15) is 4.98 Å². The van der Waals surface area contributed by atoms with Gasteiger partial charge in [0, 0.05) is 24.0 Å². The molecule has 0 unspecified atom stereocenters. The van der Waals surface area contributed by atoms with Gasteiger partial charge in [-0.1, -0.05) is 12.1 Å². The van der Waals surface area contributed by atoms with E-state index in [0.717, 1.165) is 11.1 Å². The van der Waals surface area contributed by atoms with Gasteiger partial charge in [0.25, 0.3) is 0 Å².